The Labute approximate surface area is 123 Å². The lowest BCUT2D eigenvalue weighted by Crippen LogP contribution is -2.50. The molecule has 2 N–H and O–H groups in total. The van der Waals surface area contributed by atoms with Gasteiger partial charge in [-0.1, -0.05) is 6.07 Å². The third-order valence-corrected chi connectivity index (χ3v) is 3.44. The largest absolute Gasteiger partial charge is 0.507 e. The van der Waals surface area contributed by atoms with Gasteiger partial charge >= 0.3 is 0 Å². The molecule has 1 heterocycles. The molecule has 2 rings (SSSR count). The summed E-state index contributed by atoms with van der Waals surface area (Å²) in [6, 6.07) is 4.16. The molecule has 1 aromatic rings. The van der Waals surface area contributed by atoms with Crippen molar-refractivity contribution in [2.24, 2.45) is 0 Å². The molecule has 0 saturated carbocycles. The van der Waals surface area contributed by atoms with Gasteiger partial charge in [0.15, 0.2) is 0 Å². The molecule has 1 unspecified atom stereocenters. The number of phenols is 1. The second-order valence-corrected chi connectivity index (χ2v) is 5.15. The number of rotatable bonds is 3. The van der Waals surface area contributed by atoms with Crippen molar-refractivity contribution >= 4 is 11.8 Å². The van der Waals surface area contributed by atoms with Crippen LogP contribution in [0.5, 0.6) is 5.75 Å². The summed E-state index contributed by atoms with van der Waals surface area (Å²) in [7, 11) is 0. The number of ether oxygens (including phenoxy) is 1. The summed E-state index contributed by atoms with van der Waals surface area (Å²) in [5, 5.41) is 12.4. The van der Waals surface area contributed by atoms with Crippen LogP contribution in [-0.4, -0.2) is 54.2 Å². The minimum atomic E-state index is -0.642. The molecule has 1 atom stereocenters. The number of aryl methyl sites for hydroxylation is 1. The topological polar surface area (TPSA) is 78.9 Å². The zero-order chi connectivity index (χ0) is 15.4. The maximum absolute atomic E-state index is 12.2. The molecule has 2 amide bonds. The van der Waals surface area contributed by atoms with E-state index in [1.807, 2.05) is 6.92 Å². The van der Waals surface area contributed by atoms with Gasteiger partial charge in [-0.05, 0) is 31.5 Å². The predicted octanol–water partition coefficient (Wildman–Crippen LogP) is 0.678. The minimum Gasteiger partial charge on any atom is -0.507 e. The van der Waals surface area contributed by atoms with Gasteiger partial charge in [-0.2, -0.15) is 0 Å². The van der Waals surface area contributed by atoms with E-state index in [1.165, 1.54) is 6.07 Å². The van der Waals surface area contributed by atoms with Gasteiger partial charge in [0, 0.05) is 13.1 Å². The first-order chi connectivity index (χ1) is 9.99. The summed E-state index contributed by atoms with van der Waals surface area (Å²) in [4.78, 5) is 26.0. The van der Waals surface area contributed by atoms with Crippen LogP contribution >= 0.6 is 0 Å². The van der Waals surface area contributed by atoms with Crippen LogP contribution in [0.25, 0.3) is 0 Å². The van der Waals surface area contributed by atoms with Crippen LogP contribution in [-0.2, 0) is 9.53 Å². The number of amides is 2. The fourth-order valence-corrected chi connectivity index (χ4v) is 2.23. The number of hydrogen-bond acceptors (Lipinski definition) is 4. The SMILES string of the molecule is Cc1ccc(C(=O)NC(C)C(=O)N2CCOCC2)c(O)c1. The van der Waals surface area contributed by atoms with Gasteiger partial charge in [0.25, 0.3) is 5.91 Å². The highest BCUT2D eigenvalue weighted by Crippen LogP contribution is 2.18. The molecule has 114 valence electrons. The van der Waals surface area contributed by atoms with Crippen LogP contribution in [0, 0.1) is 6.92 Å². The summed E-state index contributed by atoms with van der Waals surface area (Å²) >= 11 is 0. The average Bonchev–Trinajstić information content (AvgIpc) is 2.47. The molecule has 0 aromatic heterocycles. The summed E-state index contributed by atoms with van der Waals surface area (Å²) in [5.74, 6) is -0.682. The van der Waals surface area contributed by atoms with E-state index in [2.05, 4.69) is 5.32 Å². The molecule has 0 aliphatic carbocycles. The van der Waals surface area contributed by atoms with Crippen molar-refractivity contribution in [1.29, 1.82) is 0 Å². The smallest absolute Gasteiger partial charge is 0.255 e. The van der Waals surface area contributed by atoms with Gasteiger partial charge in [-0.3, -0.25) is 9.59 Å². The third kappa shape index (κ3) is 3.72. The zero-order valence-electron chi connectivity index (χ0n) is 12.3. The Hall–Kier alpha value is -2.08. The molecule has 21 heavy (non-hydrogen) atoms. The Morgan fingerprint density at radius 3 is 2.62 bits per heavy atom. The van der Waals surface area contributed by atoms with E-state index in [9.17, 15) is 14.7 Å². The fraction of sp³-hybridized carbons (Fsp3) is 0.467. The summed E-state index contributed by atoms with van der Waals surface area (Å²) < 4.78 is 5.19. The standard InChI is InChI=1S/C15H20N2O4/c1-10-3-4-12(13(18)9-10)14(19)16-11(2)15(20)17-5-7-21-8-6-17/h3-4,9,11,18H,5-8H2,1-2H3,(H,16,19). The summed E-state index contributed by atoms with van der Waals surface area (Å²) in [6.45, 7) is 5.58. The molecule has 0 radical (unpaired) electrons. The van der Waals surface area contributed by atoms with Gasteiger partial charge in [-0.25, -0.2) is 0 Å². The molecular formula is C15H20N2O4. The number of phenolic OH excluding ortho intramolecular Hbond substituents is 1. The first kappa shape index (κ1) is 15.3. The number of benzene rings is 1. The van der Waals surface area contributed by atoms with Crippen LogP contribution in [0.15, 0.2) is 18.2 Å². The molecule has 1 saturated heterocycles. The second kappa shape index (κ2) is 6.58. The Bertz CT molecular complexity index is 538. The Morgan fingerprint density at radius 2 is 2.00 bits per heavy atom. The van der Waals surface area contributed by atoms with Crippen LogP contribution in [0.2, 0.25) is 0 Å². The van der Waals surface area contributed by atoms with Gasteiger partial charge in [0.05, 0.1) is 18.8 Å². The summed E-state index contributed by atoms with van der Waals surface area (Å²) in [5.41, 5.74) is 1.03. The van der Waals surface area contributed by atoms with Gasteiger partial charge in [-0.15, -0.1) is 0 Å². The molecule has 1 aliphatic rings. The Kier molecular flexibility index (Phi) is 4.80. The van der Waals surface area contributed by atoms with Gasteiger partial charge in [0.2, 0.25) is 5.91 Å². The monoisotopic (exact) mass is 292 g/mol. The lowest BCUT2D eigenvalue weighted by atomic mass is 10.1. The number of carbonyl (C=O) groups is 2. The van der Waals surface area contributed by atoms with Crippen LogP contribution < -0.4 is 5.32 Å². The van der Waals surface area contributed by atoms with Crippen LogP contribution in [0.3, 0.4) is 0 Å². The van der Waals surface area contributed by atoms with Gasteiger partial charge < -0.3 is 20.1 Å². The normalized spacial score (nSPS) is 16.4. The quantitative estimate of drug-likeness (QED) is 0.858. The maximum Gasteiger partial charge on any atom is 0.255 e. The van der Waals surface area contributed by atoms with E-state index >= 15 is 0 Å². The fourth-order valence-electron chi connectivity index (χ4n) is 2.23. The van der Waals surface area contributed by atoms with Crippen molar-refractivity contribution in [3.05, 3.63) is 29.3 Å². The van der Waals surface area contributed by atoms with Crippen molar-refractivity contribution in [3.8, 4) is 5.75 Å². The van der Waals surface area contributed by atoms with Crippen LogP contribution in [0.1, 0.15) is 22.8 Å². The van der Waals surface area contributed by atoms with Crippen molar-refractivity contribution in [1.82, 2.24) is 10.2 Å². The number of aromatic hydroxyl groups is 1. The number of morpholine rings is 1. The number of nitrogens with one attached hydrogen (secondary N) is 1. The molecule has 6 heteroatoms. The molecule has 6 nitrogen and oxygen atoms in total. The van der Waals surface area contributed by atoms with Gasteiger partial charge in [0.1, 0.15) is 11.8 Å². The van der Waals surface area contributed by atoms with E-state index in [1.54, 1.807) is 24.0 Å². The zero-order valence-corrected chi connectivity index (χ0v) is 12.3. The van der Waals surface area contributed by atoms with Crippen LogP contribution in [0.4, 0.5) is 0 Å². The average molecular weight is 292 g/mol. The number of hydrogen-bond donors (Lipinski definition) is 2. The van der Waals surface area contributed by atoms with Crippen molar-refractivity contribution in [2.75, 3.05) is 26.3 Å². The van der Waals surface area contributed by atoms with E-state index < -0.39 is 11.9 Å². The summed E-state index contributed by atoms with van der Waals surface area (Å²) in [6.07, 6.45) is 0. The van der Waals surface area contributed by atoms with Crippen molar-refractivity contribution < 1.29 is 19.4 Å². The lowest BCUT2D eigenvalue weighted by Gasteiger charge is -2.29. The van der Waals surface area contributed by atoms with E-state index in [0.717, 1.165) is 5.56 Å². The highest BCUT2D eigenvalue weighted by Gasteiger charge is 2.24. The lowest BCUT2D eigenvalue weighted by molar-refractivity contribution is -0.136. The maximum atomic E-state index is 12.2. The van der Waals surface area contributed by atoms with E-state index in [4.69, 9.17) is 4.74 Å². The van der Waals surface area contributed by atoms with Crippen molar-refractivity contribution in [2.45, 2.75) is 19.9 Å². The molecule has 0 spiro atoms. The minimum absolute atomic E-state index is 0.0847. The second-order valence-electron chi connectivity index (χ2n) is 5.15. The Balaban J connectivity index is 1.99. The predicted molar refractivity (Wildman–Crippen MR) is 77.2 cm³/mol. The molecule has 1 aliphatic heterocycles. The molecule has 1 fully saturated rings. The number of carbonyl (C=O) groups excluding carboxylic acids is 2. The molecule has 1 aromatic carbocycles. The highest BCUT2D eigenvalue weighted by atomic mass is 16.5. The number of nitrogens with zero attached hydrogens (tertiary/aromatic N) is 1. The van der Waals surface area contributed by atoms with E-state index in [0.29, 0.717) is 26.3 Å². The molecule has 0 bridgehead atoms. The first-order valence-corrected chi connectivity index (χ1v) is 6.96. The Morgan fingerprint density at radius 1 is 1.33 bits per heavy atom. The van der Waals surface area contributed by atoms with Crippen molar-refractivity contribution in [3.63, 3.8) is 0 Å². The highest BCUT2D eigenvalue weighted by molar-refractivity contribution is 5.99. The van der Waals surface area contributed by atoms with E-state index in [-0.39, 0.29) is 17.2 Å². The molecular weight excluding hydrogens is 272 g/mol. The first-order valence-electron chi connectivity index (χ1n) is 6.96. The third-order valence-electron chi connectivity index (χ3n) is 3.44.